The molecule has 0 spiro atoms. The molecule has 0 radical (unpaired) electrons. The van der Waals surface area contributed by atoms with Crippen molar-refractivity contribution in [3.8, 4) is 11.5 Å². The highest BCUT2D eigenvalue weighted by Gasteiger charge is 2.46. The summed E-state index contributed by atoms with van der Waals surface area (Å²) in [6, 6.07) is 2.16. The van der Waals surface area contributed by atoms with Gasteiger partial charge in [0.1, 0.15) is 0 Å². The Morgan fingerprint density at radius 2 is 1.71 bits per heavy atom. The average molecular weight is 235 g/mol. The number of hydrogen-bond acceptors (Lipinski definition) is 3. The van der Waals surface area contributed by atoms with Crippen LogP contribution in [0.4, 0.5) is 0 Å². The molecule has 1 fully saturated rings. The first kappa shape index (κ1) is 12.2. The van der Waals surface area contributed by atoms with Crippen molar-refractivity contribution in [1.82, 2.24) is 0 Å². The molecule has 0 aromatic heterocycles. The van der Waals surface area contributed by atoms with E-state index >= 15 is 0 Å². The summed E-state index contributed by atoms with van der Waals surface area (Å²) in [6.07, 6.45) is 2.29. The van der Waals surface area contributed by atoms with Gasteiger partial charge in [-0.05, 0) is 37.8 Å². The Balaban J connectivity index is 2.65. The molecule has 17 heavy (non-hydrogen) atoms. The topological polar surface area (TPSA) is 44.5 Å². The molecule has 94 valence electrons. The van der Waals surface area contributed by atoms with Crippen LogP contribution in [0.25, 0.3) is 0 Å². The van der Waals surface area contributed by atoms with Crippen molar-refractivity contribution in [1.29, 1.82) is 0 Å². The quantitative estimate of drug-likeness (QED) is 0.871. The van der Waals surface area contributed by atoms with E-state index in [-0.39, 0.29) is 5.41 Å². The molecule has 1 aliphatic rings. The Bertz CT molecular complexity index is 436. The standard InChI is InChI=1S/C14H21NO2/c1-9-7-10(2)12(16-3)13(17-4)11(9)14(8-15)5-6-14/h7H,5-6,8,15H2,1-4H3. The third-order valence-corrected chi connectivity index (χ3v) is 3.80. The fourth-order valence-corrected chi connectivity index (χ4v) is 2.75. The summed E-state index contributed by atoms with van der Waals surface area (Å²) in [4.78, 5) is 0. The van der Waals surface area contributed by atoms with E-state index in [0.29, 0.717) is 6.54 Å². The molecule has 0 amide bonds. The molecular formula is C14H21NO2. The highest BCUT2D eigenvalue weighted by molar-refractivity contribution is 5.59. The Morgan fingerprint density at radius 1 is 1.12 bits per heavy atom. The van der Waals surface area contributed by atoms with Crippen LogP contribution in [0.3, 0.4) is 0 Å². The molecule has 3 nitrogen and oxygen atoms in total. The Labute approximate surface area is 103 Å². The molecule has 0 bridgehead atoms. The van der Waals surface area contributed by atoms with Gasteiger partial charge in [0.15, 0.2) is 11.5 Å². The molecule has 1 aromatic carbocycles. The van der Waals surface area contributed by atoms with E-state index in [1.54, 1.807) is 14.2 Å². The van der Waals surface area contributed by atoms with Gasteiger partial charge in [0, 0.05) is 17.5 Å². The van der Waals surface area contributed by atoms with Crippen LogP contribution in [0.5, 0.6) is 11.5 Å². The Kier molecular flexibility index (Phi) is 3.04. The molecule has 0 unspecified atom stereocenters. The Hall–Kier alpha value is -1.22. The number of nitrogens with two attached hydrogens (primary N) is 1. The lowest BCUT2D eigenvalue weighted by Gasteiger charge is -2.23. The molecule has 0 aliphatic heterocycles. The van der Waals surface area contributed by atoms with Crippen molar-refractivity contribution in [2.45, 2.75) is 32.1 Å². The summed E-state index contributed by atoms with van der Waals surface area (Å²) in [7, 11) is 3.39. The third kappa shape index (κ3) is 1.78. The van der Waals surface area contributed by atoms with Crippen molar-refractivity contribution in [2.24, 2.45) is 5.73 Å². The fraction of sp³-hybridized carbons (Fsp3) is 0.571. The van der Waals surface area contributed by atoms with Gasteiger partial charge in [0.25, 0.3) is 0 Å². The van der Waals surface area contributed by atoms with Crippen LogP contribution in [-0.2, 0) is 5.41 Å². The van der Waals surface area contributed by atoms with E-state index in [1.807, 2.05) is 6.92 Å². The minimum Gasteiger partial charge on any atom is -0.493 e. The predicted octanol–water partition coefficient (Wildman–Crippen LogP) is 2.31. The highest BCUT2D eigenvalue weighted by Crippen LogP contribution is 2.54. The van der Waals surface area contributed by atoms with E-state index in [9.17, 15) is 0 Å². The smallest absolute Gasteiger partial charge is 0.165 e. The van der Waals surface area contributed by atoms with Gasteiger partial charge in [-0.25, -0.2) is 0 Å². The van der Waals surface area contributed by atoms with Gasteiger partial charge in [-0.15, -0.1) is 0 Å². The first-order valence-electron chi connectivity index (χ1n) is 6.02. The number of rotatable bonds is 4. The second-order valence-corrected chi connectivity index (χ2v) is 4.94. The minimum absolute atomic E-state index is 0.121. The Morgan fingerprint density at radius 3 is 2.12 bits per heavy atom. The maximum atomic E-state index is 5.93. The zero-order valence-electron chi connectivity index (χ0n) is 11.1. The molecule has 2 rings (SSSR count). The van der Waals surface area contributed by atoms with E-state index in [0.717, 1.165) is 29.9 Å². The van der Waals surface area contributed by atoms with Crippen LogP contribution in [0, 0.1) is 13.8 Å². The fourth-order valence-electron chi connectivity index (χ4n) is 2.75. The molecule has 0 heterocycles. The molecule has 0 atom stereocenters. The van der Waals surface area contributed by atoms with Gasteiger partial charge in [0.2, 0.25) is 0 Å². The van der Waals surface area contributed by atoms with E-state index < -0.39 is 0 Å². The van der Waals surface area contributed by atoms with Gasteiger partial charge >= 0.3 is 0 Å². The maximum absolute atomic E-state index is 5.93. The number of ether oxygens (including phenoxy) is 2. The summed E-state index contributed by atoms with van der Waals surface area (Å²) in [5.74, 6) is 1.71. The summed E-state index contributed by atoms with van der Waals surface area (Å²) < 4.78 is 11.0. The van der Waals surface area contributed by atoms with Gasteiger partial charge in [-0.3, -0.25) is 0 Å². The second-order valence-electron chi connectivity index (χ2n) is 4.94. The molecule has 1 aromatic rings. The van der Waals surface area contributed by atoms with E-state index in [4.69, 9.17) is 15.2 Å². The second kappa shape index (κ2) is 4.22. The number of hydrogen-bond donors (Lipinski definition) is 1. The van der Waals surface area contributed by atoms with Crippen molar-refractivity contribution < 1.29 is 9.47 Å². The van der Waals surface area contributed by atoms with E-state index in [1.165, 1.54) is 11.1 Å². The van der Waals surface area contributed by atoms with Crippen LogP contribution >= 0.6 is 0 Å². The lowest BCUT2D eigenvalue weighted by atomic mass is 9.89. The predicted molar refractivity (Wildman–Crippen MR) is 69.0 cm³/mol. The van der Waals surface area contributed by atoms with Crippen LogP contribution in [0.15, 0.2) is 6.07 Å². The van der Waals surface area contributed by atoms with E-state index in [2.05, 4.69) is 13.0 Å². The lowest BCUT2D eigenvalue weighted by Crippen LogP contribution is -2.22. The molecular weight excluding hydrogens is 214 g/mol. The molecule has 3 heteroatoms. The third-order valence-electron chi connectivity index (χ3n) is 3.80. The summed E-state index contributed by atoms with van der Waals surface area (Å²) >= 11 is 0. The molecule has 1 saturated carbocycles. The SMILES string of the molecule is COc1c(C)cc(C)c(C2(CN)CC2)c1OC. The van der Waals surface area contributed by atoms with Gasteiger partial charge < -0.3 is 15.2 Å². The van der Waals surface area contributed by atoms with Crippen LogP contribution < -0.4 is 15.2 Å². The number of methoxy groups -OCH3 is 2. The van der Waals surface area contributed by atoms with Crippen molar-refractivity contribution in [2.75, 3.05) is 20.8 Å². The molecule has 2 N–H and O–H groups in total. The molecule has 1 aliphatic carbocycles. The van der Waals surface area contributed by atoms with Crippen molar-refractivity contribution in [3.05, 3.63) is 22.8 Å². The summed E-state index contributed by atoms with van der Waals surface area (Å²) in [5.41, 5.74) is 9.65. The van der Waals surface area contributed by atoms with Gasteiger partial charge in [-0.1, -0.05) is 6.07 Å². The van der Waals surface area contributed by atoms with Crippen LogP contribution in [0.1, 0.15) is 29.5 Å². The largest absolute Gasteiger partial charge is 0.493 e. The first-order chi connectivity index (χ1) is 8.09. The molecule has 0 saturated heterocycles. The summed E-state index contributed by atoms with van der Waals surface area (Å²) in [5, 5.41) is 0. The minimum atomic E-state index is 0.121. The number of aryl methyl sites for hydroxylation is 2. The van der Waals surface area contributed by atoms with Gasteiger partial charge in [-0.2, -0.15) is 0 Å². The summed E-state index contributed by atoms with van der Waals surface area (Å²) in [6.45, 7) is 4.84. The van der Waals surface area contributed by atoms with Gasteiger partial charge in [0.05, 0.1) is 14.2 Å². The normalized spacial score (nSPS) is 16.8. The zero-order chi connectivity index (χ0) is 12.6. The monoisotopic (exact) mass is 235 g/mol. The van der Waals surface area contributed by atoms with Crippen LogP contribution in [0.2, 0.25) is 0 Å². The van der Waals surface area contributed by atoms with Crippen LogP contribution in [-0.4, -0.2) is 20.8 Å². The highest BCUT2D eigenvalue weighted by atomic mass is 16.5. The van der Waals surface area contributed by atoms with Crippen molar-refractivity contribution >= 4 is 0 Å². The average Bonchev–Trinajstić information content (AvgIpc) is 3.08. The van der Waals surface area contributed by atoms with Crippen molar-refractivity contribution in [3.63, 3.8) is 0 Å². The zero-order valence-corrected chi connectivity index (χ0v) is 11.1. The number of benzene rings is 1. The lowest BCUT2D eigenvalue weighted by molar-refractivity contribution is 0.346. The first-order valence-corrected chi connectivity index (χ1v) is 6.02. The maximum Gasteiger partial charge on any atom is 0.165 e.